The minimum atomic E-state index is -0.0493. The summed E-state index contributed by atoms with van der Waals surface area (Å²) in [7, 11) is 0. The Kier molecular flexibility index (Phi) is 5.19. The fraction of sp³-hybridized carbons (Fsp3) is 0.172. The van der Waals surface area contributed by atoms with Crippen molar-refractivity contribution in [3.05, 3.63) is 85.6 Å². The molecule has 0 bridgehead atoms. The van der Waals surface area contributed by atoms with E-state index in [9.17, 15) is 0 Å². The van der Waals surface area contributed by atoms with Crippen LogP contribution in [0.4, 0.5) is 5.69 Å². The Bertz CT molecular complexity index is 1780. The lowest BCUT2D eigenvalue weighted by atomic mass is 9.93. The molecule has 0 aliphatic carbocycles. The summed E-state index contributed by atoms with van der Waals surface area (Å²) in [6.07, 6.45) is 11.2. The summed E-state index contributed by atoms with van der Waals surface area (Å²) in [5, 5.41) is 13.3. The molecule has 6 rings (SSSR count). The number of hydrogen-bond donors (Lipinski definition) is 3. The molecule has 5 aromatic heterocycles. The van der Waals surface area contributed by atoms with Crippen molar-refractivity contribution in [1.82, 2.24) is 34.7 Å². The Balaban J connectivity index is 1.40. The van der Waals surface area contributed by atoms with E-state index in [0.717, 1.165) is 67.1 Å². The van der Waals surface area contributed by atoms with E-state index in [1.165, 1.54) is 0 Å². The highest BCUT2D eigenvalue weighted by molar-refractivity contribution is 5.99. The number of imidazole rings is 1. The molecular weight excluding hydrogens is 460 g/mol. The van der Waals surface area contributed by atoms with Gasteiger partial charge in [0.1, 0.15) is 5.69 Å². The van der Waals surface area contributed by atoms with E-state index in [-0.39, 0.29) is 5.41 Å². The van der Waals surface area contributed by atoms with Crippen LogP contribution >= 0.6 is 0 Å². The third-order valence-electron chi connectivity index (χ3n) is 6.60. The molecule has 3 N–H and O–H groups in total. The summed E-state index contributed by atoms with van der Waals surface area (Å²) in [6, 6.07) is 10.5. The maximum Gasteiger partial charge on any atom is 0.116 e. The number of aromatic nitrogens is 7. The summed E-state index contributed by atoms with van der Waals surface area (Å²) in [5.74, 6) is 0. The lowest BCUT2D eigenvalue weighted by molar-refractivity contribution is 0.509. The van der Waals surface area contributed by atoms with Gasteiger partial charge in [0.05, 0.1) is 58.7 Å². The van der Waals surface area contributed by atoms with E-state index >= 15 is 0 Å². The number of nitrogens with zero attached hydrogens (tertiary/aromatic N) is 5. The molecule has 1 aromatic carbocycles. The van der Waals surface area contributed by atoms with Gasteiger partial charge in [0.15, 0.2) is 0 Å². The Morgan fingerprint density at radius 3 is 2.57 bits per heavy atom. The van der Waals surface area contributed by atoms with Crippen LogP contribution in [0, 0.1) is 12.3 Å². The van der Waals surface area contributed by atoms with E-state index in [1.54, 1.807) is 0 Å². The highest BCUT2D eigenvalue weighted by atomic mass is 15.1. The first-order valence-corrected chi connectivity index (χ1v) is 12.1. The van der Waals surface area contributed by atoms with E-state index in [1.807, 2.05) is 48.8 Å². The van der Waals surface area contributed by atoms with Gasteiger partial charge in [0, 0.05) is 39.8 Å². The molecule has 8 nitrogen and oxygen atoms in total. The number of aromatic amines is 2. The molecule has 0 spiro atoms. The Hall–Kier alpha value is -4.72. The molecule has 0 saturated carbocycles. The second-order valence-electron chi connectivity index (χ2n) is 10.4. The van der Waals surface area contributed by atoms with Gasteiger partial charge in [0.2, 0.25) is 0 Å². The molecule has 8 heteroatoms. The van der Waals surface area contributed by atoms with E-state index in [2.05, 4.69) is 93.1 Å². The zero-order valence-electron chi connectivity index (χ0n) is 21.3. The second kappa shape index (κ2) is 8.44. The van der Waals surface area contributed by atoms with Crippen molar-refractivity contribution in [3.8, 4) is 28.2 Å². The number of aryl methyl sites for hydroxylation is 1. The summed E-state index contributed by atoms with van der Waals surface area (Å²) < 4.78 is 1.99. The predicted molar refractivity (Wildman–Crippen MR) is 148 cm³/mol. The number of fused-ring (bicyclic) bond motifs is 2. The summed E-state index contributed by atoms with van der Waals surface area (Å²) in [6.45, 7) is 12.6. The van der Waals surface area contributed by atoms with Crippen LogP contribution in [0.15, 0.2) is 79.9 Å². The maximum absolute atomic E-state index is 4.65. The molecule has 6 aromatic rings. The van der Waals surface area contributed by atoms with Gasteiger partial charge in [-0.3, -0.25) is 15.1 Å². The molecule has 184 valence electrons. The number of hydrogen-bond acceptors (Lipinski definition) is 5. The molecule has 0 aliphatic heterocycles. The van der Waals surface area contributed by atoms with Crippen LogP contribution in [0.2, 0.25) is 0 Å². The minimum absolute atomic E-state index is 0.0493. The second-order valence-corrected chi connectivity index (χ2v) is 10.4. The number of allylic oxidation sites excluding steroid dienone is 1. The molecule has 0 aliphatic rings. The quantitative estimate of drug-likeness (QED) is 0.253. The predicted octanol–water partition coefficient (Wildman–Crippen LogP) is 6.63. The summed E-state index contributed by atoms with van der Waals surface area (Å²) in [4.78, 5) is 16.8. The molecule has 37 heavy (non-hydrogen) atoms. The van der Waals surface area contributed by atoms with Gasteiger partial charge >= 0.3 is 0 Å². The first-order valence-electron chi connectivity index (χ1n) is 12.1. The minimum Gasteiger partial charge on any atom is -0.358 e. The Morgan fingerprint density at radius 2 is 1.78 bits per heavy atom. The zero-order chi connectivity index (χ0) is 25.7. The maximum atomic E-state index is 4.65. The van der Waals surface area contributed by atoms with Crippen LogP contribution in [0.3, 0.4) is 0 Å². The van der Waals surface area contributed by atoms with Crippen molar-refractivity contribution in [2.24, 2.45) is 5.41 Å². The van der Waals surface area contributed by atoms with Crippen molar-refractivity contribution < 1.29 is 0 Å². The molecule has 0 atom stereocenters. The Morgan fingerprint density at radius 1 is 0.946 bits per heavy atom. The highest BCUT2D eigenvalue weighted by Crippen LogP contribution is 2.34. The SMILES string of the molecule is C=C(Nc1cncc(-c2ccc3[nH]nc(-c4cc5c(-n6cnc(C)c6)cncc5[nH]4)c3c2)c1)C(C)(C)C. The molecular formula is C29H28N8. The van der Waals surface area contributed by atoms with Crippen molar-refractivity contribution >= 4 is 27.5 Å². The van der Waals surface area contributed by atoms with E-state index in [4.69, 9.17) is 0 Å². The van der Waals surface area contributed by atoms with Crippen LogP contribution in [0.5, 0.6) is 0 Å². The molecule has 0 radical (unpaired) electrons. The van der Waals surface area contributed by atoms with Crippen molar-refractivity contribution in [2.75, 3.05) is 5.32 Å². The fourth-order valence-corrected chi connectivity index (χ4v) is 4.35. The largest absolute Gasteiger partial charge is 0.358 e. The first-order chi connectivity index (χ1) is 17.8. The lowest BCUT2D eigenvalue weighted by Crippen LogP contribution is -2.15. The van der Waals surface area contributed by atoms with Gasteiger partial charge in [-0.05, 0) is 36.8 Å². The topological polar surface area (TPSA) is 100 Å². The van der Waals surface area contributed by atoms with Gasteiger partial charge in [0.25, 0.3) is 0 Å². The number of rotatable bonds is 5. The van der Waals surface area contributed by atoms with Gasteiger partial charge in [-0.2, -0.15) is 5.10 Å². The van der Waals surface area contributed by atoms with Crippen LogP contribution in [0.1, 0.15) is 26.5 Å². The fourth-order valence-electron chi connectivity index (χ4n) is 4.35. The number of pyridine rings is 2. The van der Waals surface area contributed by atoms with Crippen LogP contribution in [-0.2, 0) is 0 Å². The van der Waals surface area contributed by atoms with Crippen molar-refractivity contribution in [2.45, 2.75) is 27.7 Å². The van der Waals surface area contributed by atoms with Gasteiger partial charge in [-0.1, -0.05) is 33.4 Å². The van der Waals surface area contributed by atoms with Gasteiger partial charge < -0.3 is 14.9 Å². The first kappa shape index (κ1) is 22.7. The third-order valence-corrected chi connectivity index (χ3v) is 6.60. The average molecular weight is 489 g/mol. The van der Waals surface area contributed by atoms with Gasteiger partial charge in [-0.25, -0.2) is 4.98 Å². The number of benzene rings is 1. The molecule has 0 saturated heterocycles. The standard InChI is InChI=1S/C29H28N8/c1-17-15-37(16-32-17)27-14-31-13-26-22(27)10-25(34-26)28-23-9-19(6-7-24(23)35-36-28)20-8-21(12-30-11-20)33-18(2)29(3,4)5/h6-16,33-34H,2H2,1,3-5H3,(H,35,36). The van der Waals surface area contributed by atoms with Crippen molar-refractivity contribution in [1.29, 1.82) is 0 Å². The number of H-pyrrole nitrogens is 2. The van der Waals surface area contributed by atoms with E-state index in [0.29, 0.717) is 0 Å². The number of anilines is 1. The molecule has 0 unspecified atom stereocenters. The van der Waals surface area contributed by atoms with Crippen molar-refractivity contribution in [3.63, 3.8) is 0 Å². The Labute approximate surface area is 214 Å². The van der Waals surface area contributed by atoms with Crippen LogP contribution < -0.4 is 5.32 Å². The zero-order valence-corrected chi connectivity index (χ0v) is 21.3. The molecule has 5 heterocycles. The molecule has 0 amide bonds. The normalized spacial score (nSPS) is 11.9. The van der Waals surface area contributed by atoms with Crippen LogP contribution in [0.25, 0.3) is 50.0 Å². The van der Waals surface area contributed by atoms with E-state index < -0.39 is 0 Å². The third kappa shape index (κ3) is 4.16. The number of nitrogens with one attached hydrogen (secondary N) is 3. The smallest absolute Gasteiger partial charge is 0.116 e. The summed E-state index contributed by atoms with van der Waals surface area (Å²) in [5.41, 5.74) is 9.46. The van der Waals surface area contributed by atoms with Gasteiger partial charge in [-0.15, -0.1) is 0 Å². The average Bonchev–Trinajstić information content (AvgIpc) is 3.60. The molecule has 0 fully saturated rings. The summed E-state index contributed by atoms with van der Waals surface area (Å²) >= 11 is 0. The highest BCUT2D eigenvalue weighted by Gasteiger charge is 2.17. The lowest BCUT2D eigenvalue weighted by Gasteiger charge is -2.23. The monoisotopic (exact) mass is 488 g/mol. The van der Waals surface area contributed by atoms with Crippen LogP contribution in [-0.4, -0.2) is 34.7 Å².